The van der Waals surface area contributed by atoms with E-state index in [-0.39, 0.29) is 24.1 Å². The van der Waals surface area contributed by atoms with Gasteiger partial charge in [-0.3, -0.25) is 25.2 Å². The summed E-state index contributed by atoms with van der Waals surface area (Å²) in [6.45, 7) is 0.960. The highest BCUT2D eigenvalue weighted by Crippen LogP contribution is 2.18. The molecule has 3 amide bonds. The fourth-order valence-electron chi connectivity index (χ4n) is 2.95. The Labute approximate surface area is 152 Å². The van der Waals surface area contributed by atoms with Gasteiger partial charge in [0.15, 0.2) is 0 Å². The summed E-state index contributed by atoms with van der Waals surface area (Å²) in [5, 5.41) is 0. The standard InChI is InChI=1S/C20H21N3O3/c24-18-13-17(14-23(18)12-11-15-7-3-1-4-8-15)20(26)22-21-19(25)16-9-5-2-6-10-16/h1-10,17H,11-14H2,(H,21,25)(H,22,26). The summed E-state index contributed by atoms with van der Waals surface area (Å²) in [6, 6.07) is 18.5. The van der Waals surface area contributed by atoms with E-state index in [0.717, 1.165) is 12.0 Å². The van der Waals surface area contributed by atoms with Gasteiger partial charge in [0.25, 0.3) is 5.91 Å². The molecule has 1 heterocycles. The highest BCUT2D eigenvalue weighted by Gasteiger charge is 2.34. The number of carbonyl (C=O) groups is 3. The molecule has 0 spiro atoms. The molecule has 0 saturated carbocycles. The molecule has 26 heavy (non-hydrogen) atoms. The Hall–Kier alpha value is -3.15. The third-order valence-corrected chi connectivity index (χ3v) is 4.43. The van der Waals surface area contributed by atoms with Crippen LogP contribution in [-0.2, 0) is 16.0 Å². The number of nitrogens with zero attached hydrogens (tertiary/aromatic N) is 1. The van der Waals surface area contributed by atoms with E-state index in [9.17, 15) is 14.4 Å². The maximum Gasteiger partial charge on any atom is 0.269 e. The Balaban J connectivity index is 1.47. The number of carbonyl (C=O) groups excluding carboxylic acids is 3. The van der Waals surface area contributed by atoms with Crippen LogP contribution in [0.25, 0.3) is 0 Å². The van der Waals surface area contributed by atoms with Crippen LogP contribution >= 0.6 is 0 Å². The average molecular weight is 351 g/mol. The number of rotatable bonds is 5. The molecule has 6 heteroatoms. The zero-order valence-corrected chi connectivity index (χ0v) is 14.4. The zero-order chi connectivity index (χ0) is 18.4. The second-order valence-corrected chi connectivity index (χ2v) is 6.29. The summed E-state index contributed by atoms with van der Waals surface area (Å²) in [6.07, 6.45) is 0.924. The molecule has 3 rings (SSSR count). The molecule has 1 aliphatic heterocycles. The smallest absolute Gasteiger partial charge is 0.269 e. The van der Waals surface area contributed by atoms with Crippen LogP contribution in [0.4, 0.5) is 0 Å². The molecular weight excluding hydrogens is 330 g/mol. The first-order chi connectivity index (χ1) is 12.6. The number of hydrazine groups is 1. The van der Waals surface area contributed by atoms with Crippen molar-refractivity contribution in [2.24, 2.45) is 5.92 Å². The topological polar surface area (TPSA) is 78.5 Å². The van der Waals surface area contributed by atoms with Crippen molar-refractivity contribution in [1.82, 2.24) is 15.8 Å². The molecule has 1 unspecified atom stereocenters. The predicted octanol–water partition coefficient (Wildman–Crippen LogP) is 1.54. The fraction of sp³-hybridized carbons (Fsp3) is 0.250. The summed E-state index contributed by atoms with van der Waals surface area (Å²) in [7, 11) is 0. The van der Waals surface area contributed by atoms with Gasteiger partial charge in [0, 0.05) is 25.1 Å². The normalized spacial score (nSPS) is 16.4. The Morgan fingerprint density at radius 1 is 0.962 bits per heavy atom. The van der Waals surface area contributed by atoms with Gasteiger partial charge in [-0.1, -0.05) is 48.5 Å². The van der Waals surface area contributed by atoms with Crippen LogP contribution in [0.5, 0.6) is 0 Å². The monoisotopic (exact) mass is 351 g/mol. The molecule has 2 aromatic rings. The van der Waals surface area contributed by atoms with Crippen LogP contribution in [0.3, 0.4) is 0 Å². The number of likely N-dealkylation sites (tertiary alicyclic amines) is 1. The van der Waals surface area contributed by atoms with Crippen LogP contribution in [0.15, 0.2) is 60.7 Å². The maximum atomic E-state index is 12.2. The summed E-state index contributed by atoms with van der Waals surface area (Å²) >= 11 is 0. The first kappa shape index (κ1) is 17.7. The average Bonchev–Trinajstić information content (AvgIpc) is 3.06. The fourth-order valence-corrected chi connectivity index (χ4v) is 2.95. The summed E-state index contributed by atoms with van der Waals surface area (Å²) < 4.78 is 0. The van der Waals surface area contributed by atoms with Gasteiger partial charge in [-0.05, 0) is 24.1 Å². The summed E-state index contributed by atoms with van der Waals surface area (Å²) in [5.41, 5.74) is 6.43. The van der Waals surface area contributed by atoms with Crippen molar-refractivity contribution in [3.63, 3.8) is 0 Å². The largest absolute Gasteiger partial charge is 0.342 e. The first-order valence-corrected chi connectivity index (χ1v) is 8.60. The third kappa shape index (κ3) is 4.47. The summed E-state index contributed by atoms with van der Waals surface area (Å²) in [5.74, 6) is -1.21. The molecule has 1 fully saturated rings. The van der Waals surface area contributed by atoms with Gasteiger partial charge in [0.2, 0.25) is 11.8 Å². The summed E-state index contributed by atoms with van der Waals surface area (Å²) in [4.78, 5) is 38.0. The molecule has 6 nitrogen and oxygen atoms in total. The lowest BCUT2D eigenvalue weighted by Crippen LogP contribution is -2.45. The lowest BCUT2D eigenvalue weighted by atomic mass is 10.1. The van der Waals surface area contributed by atoms with Gasteiger partial charge in [-0.15, -0.1) is 0 Å². The quantitative estimate of drug-likeness (QED) is 0.802. The SMILES string of the molecule is O=C(NNC(=O)C1CC(=O)N(CCc2ccccc2)C1)c1ccccc1. The van der Waals surface area contributed by atoms with E-state index in [0.29, 0.717) is 18.7 Å². The molecule has 1 aliphatic rings. The van der Waals surface area contributed by atoms with Crippen LogP contribution in [0, 0.1) is 5.92 Å². The Morgan fingerprint density at radius 3 is 2.31 bits per heavy atom. The van der Waals surface area contributed by atoms with Gasteiger partial charge in [-0.25, -0.2) is 0 Å². The van der Waals surface area contributed by atoms with Crippen molar-refractivity contribution in [1.29, 1.82) is 0 Å². The molecule has 2 N–H and O–H groups in total. The van der Waals surface area contributed by atoms with Crippen molar-refractivity contribution in [3.05, 3.63) is 71.8 Å². The maximum absolute atomic E-state index is 12.2. The van der Waals surface area contributed by atoms with E-state index in [2.05, 4.69) is 10.9 Å². The zero-order valence-electron chi connectivity index (χ0n) is 14.4. The van der Waals surface area contributed by atoms with E-state index in [4.69, 9.17) is 0 Å². The molecule has 134 valence electrons. The van der Waals surface area contributed by atoms with Crippen molar-refractivity contribution >= 4 is 17.7 Å². The highest BCUT2D eigenvalue weighted by atomic mass is 16.2. The van der Waals surface area contributed by atoms with Crippen molar-refractivity contribution < 1.29 is 14.4 Å². The number of hydrogen-bond acceptors (Lipinski definition) is 3. The van der Waals surface area contributed by atoms with E-state index in [1.807, 2.05) is 36.4 Å². The van der Waals surface area contributed by atoms with Crippen LogP contribution in [0.1, 0.15) is 22.3 Å². The molecule has 1 saturated heterocycles. The Kier molecular flexibility index (Phi) is 5.63. The Bertz CT molecular complexity index is 777. The number of nitrogens with one attached hydrogen (secondary N) is 2. The lowest BCUT2D eigenvalue weighted by Gasteiger charge is -2.16. The van der Waals surface area contributed by atoms with Crippen LogP contribution < -0.4 is 10.9 Å². The number of benzene rings is 2. The minimum Gasteiger partial charge on any atom is -0.342 e. The van der Waals surface area contributed by atoms with E-state index in [1.54, 1.807) is 29.2 Å². The number of hydrogen-bond donors (Lipinski definition) is 2. The highest BCUT2D eigenvalue weighted by molar-refractivity contribution is 5.96. The second-order valence-electron chi connectivity index (χ2n) is 6.29. The van der Waals surface area contributed by atoms with Crippen LogP contribution in [-0.4, -0.2) is 35.7 Å². The molecule has 1 atom stereocenters. The first-order valence-electron chi connectivity index (χ1n) is 8.60. The van der Waals surface area contributed by atoms with E-state index in [1.165, 1.54) is 0 Å². The van der Waals surface area contributed by atoms with Gasteiger partial charge in [0.05, 0.1) is 5.92 Å². The molecule has 0 radical (unpaired) electrons. The minimum atomic E-state index is -0.450. The van der Waals surface area contributed by atoms with Gasteiger partial charge >= 0.3 is 0 Å². The van der Waals surface area contributed by atoms with Crippen molar-refractivity contribution in [2.45, 2.75) is 12.8 Å². The number of amides is 3. The van der Waals surface area contributed by atoms with Gasteiger partial charge in [-0.2, -0.15) is 0 Å². The minimum absolute atomic E-state index is 0.0320. The second kappa shape index (κ2) is 8.29. The Morgan fingerprint density at radius 2 is 1.62 bits per heavy atom. The van der Waals surface area contributed by atoms with E-state index >= 15 is 0 Å². The lowest BCUT2D eigenvalue weighted by molar-refractivity contribution is -0.129. The van der Waals surface area contributed by atoms with Gasteiger partial charge in [0.1, 0.15) is 0 Å². The molecule has 0 aliphatic carbocycles. The molecule has 0 bridgehead atoms. The predicted molar refractivity (Wildman–Crippen MR) is 96.9 cm³/mol. The molecule has 0 aromatic heterocycles. The van der Waals surface area contributed by atoms with Crippen molar-refractivity contribution in [2.75, 3.05) is 13.1 Å². The van der Waals surface area contributed by atoms with E-state index < -0.39 is 5.92 Å². The molecule has 2 aromatic carbocycles. The molecular formula is C20H21N3O3. The third-order valence-electron chi connectivity index (χ3n) is 4.43. The van der Waals surface area contributed by atoms with Crippen LogP contribution in [0.2, 0.25) is 0 Å². The van der Waals surface area contributed by atoms with Crippen molar-refractivity contribution in [3.8, 4) is 0 Å². The van der Waals surface area contributed by atoms with Gasteiger partial charge < -0.3 is 4.90 Å².